The largest absolute Gasteiger partial charge is 0.492 e. The van der Waals surface area contributed by atoms with Crippen molar-refractivity contribution in [3.8, 4) is 0 Å². The summed E-state index contributed by atoms with van der Waals surface area (Å²) in [4.78, 5) is 132. The Labute approximate surface area is 573 Å². The number of aromatic nitrogens is 2. The second-order valence-corrected chi connectivity index (χ2v) is 26.4. The quantitative estimate of drug-likeness (QED) is 0.0364. The molecule has 33 heteroatoms. The highest BCUT2D eigenvalue weighted by atomic mass is 32.2. The molecule has 0 radical (unpaired) electrons. The summed E-state index contributed by atoms with van der Waals surface area (Å²) in [5.74, 6) is -6.42. The van der Waals surface area contributed by atoms with Gasteiger partial charge in [-0.15, -0.1) is 22.7 Å². The van der Waals surface area contributed by atoms with Crippen LogP contribution in [0.1, 0.15) is 77.7 Å². The van der Waals surface area contributed by atoms with E-state index in [2.05, 4.69) is 0 Å². The van der Waals surface area contributed by atoms with Crippen LogP contribution in [0, 0.1) is 0 Å². The Hall–Kier alpha value is -7.47. The normalized spacial score (nSPS) is 17.6. The number of carbonyl (C=O) groups is 9. The van der Waals surface area contributed by atoms with Crippen molar-refractivity contribution in [1.29, 1.82) is 0 Å². The number of aromatic carboxylic acids is 1. The standard InChI is InChI=1S/C16H18N2O5S3.C12H12N2O4S3.C12H12O2.C10H11NO3S2.C9H9NO3S2/c1-4-10-14(21)17(5-2)11(25-10)7-9(23-6-3)13-15(22)18(8-12(19)20)16(24)26-13;1-3-6-9(17)13(4-2)11(20-6)8-10(18)14(5-7(15)16)12(19)21-8;1-2-3-4-5-10-6-8-11(9-7-10)12(13)14;1-2-3-4-7-9(14)11(10(15)16-7)6-5-8(12)13;1-2-3-4-6-8(13)10(5-7(11)12)9(14)15-6/h4,7H,5-6,8H2,1-3H3,(H,19,20);3H,4-5H2,1-2H3,(H,15,16);2-9H,1H3,(H,13,14);2-4H,5-6H2,1H3,(H,12,13);2-4H,5H2,1H3,(H,11,12)/b10-4+,11-7?,13-9-;6-3+,11-8-;;3-2?,7-4+;3-2?,6-4+. The van der Waals surface area contributed by atoms with E-state index >= 15 is 0 Å². The number of thioether (sulfide) groups is 4. The number of hydrogen-bond acceptors (Lipinski definition) is 22. The number of allylic oxidation sites excluding steroid dienone is 10. The van der Waals surface area contributed by atoms with E-state index in [4.69, 9.17) is 79.1 Å². The molecule has 0 unspecified atom stereocenters. The van der Waals surface area contributed by atoms with E-state index in [0.717, 1.165) is 55.5 Å². The predicted octanol–water partition coefficient (Wildman–Crippen LogP) is 6.63. The fraction of sp³-hybridized carbons (Fsp3) is 0.271. The number of nitrogens with zero attached hydrogens (tertiary/aromatic N) is 6. The number of benzene rings is 1. The number of ether oxygens (including phenoxy) is 1. The first-order valence-corrected chi connectivity index (χ1v) is 33.6. The van der Waals surface area contributed by atoms with Crippen molar-refractivity contribution in [2.45, 2.75) is 74.9 Å². The zero-order chi connectivity index (χ0) is 69.1. The summed E-state index contributed by atoms with van der Waals surface area (Å²) in [6.07, 6.45) is 23.0. The molecule has 23 nitrogen and oxygen atoms in total. The van der Waals surface area contributed by atoms with Gasteiger partial charge in [0.2, 0.25) is 0 Å². The molecule has 7 rings (SSSR count). The highest BCUT2D eigenvalue weighted by Crippen LogP contribution is 2.35. The summed E-state index contributed by atoms with van der Waals surface area (Å²) in [6, 6.07) is 6.75. The van der Waals surface area contributed by atoms with Crippen LogP contribution in [0.5, 0.6) is 0 Å². The minimum atomic E-state index is -1.15. The number of hydrogen-bond donors (Lipinski definition) is 5. The van der Waals surface area contributed by atoms with Crippen LogP contribution < -0.4 is 29.5 Å². The summed E-state index contributed by atoms with van der Waals surface area (Å²) in [5.41, 5.74) is 1.06. The van der Waals surface area contributed by atoms with Gasteiger partial charge in [0.15, 0.2) is 0 Å². The van der Waals surface area contributed by atoms with Crippen molar-refractivity contribution in [2.75, 3.05) is 32.8 Å². The second kappa shape index (κ2) is 39.2. The molecule has 4 fully saturated rings. The van der Waals surface area contributed by atoms with Gasteiger partial charge in [-0.1, -0.05) is 169 Å². The van der Waals surface area contributed by atoms with Crippen LogP contribution in [0.15, 0.2) is 109 Å². The summed E-state index contributed by atoms with van der Waals surface area (Å²) >= 11 is 27.0. The molecule has 4 saturated heterocycles. The Morgan fingerprint density at radius 2 is 0.989 bits per heavy atom. The third kappa shape index (κ3) is 22.7. The molecule has 0 saturated carbocycles. The van der Waals surface area contributed by atoms with Crippen LogP contribution in [-0.4, -0.2) is 158 Å². The average Bonchev–Trinajstić information content (AvgIpc) is 1.66. The maximum atomic E-state index is 12.6. The van der Waals surface area contributed by atoms with E-state index in [1.165, 1.54) is 43.9 Å². The predicted molar refractivity (Wildman–Crippen MR) is 380 cm³/mol. The molecule has 1 aromatic carbocycles. The van der Waals surface area contributed by atoms with E-state index < -0.39 is 54.8 Å². The Balaban J connectivity index is 0.000000306. The van der Waals surface area contributed by atoms with Gasteiger partial charge in [0, 0.05) is 25.7 Å². The van der Waals surface area contributed by atoms with Crippen molar-refractivity contribution in [2.24, 2.45) is 0 Å². The first kappa shape index (κ1) is 78.8. The lowest BCUT2D eigenvalue weighted by atomic mass is 10.1. The number of carboxylic acid groups (broad SMARTS) is 5. The zero-order valence-electron chi connectivity index (χ0n) is 50.4. The fourth-order valence-electron chi connectivity index (χ4n) is 7.24. The maximum absolute atomic E-state index is 12.6. The molecule has 4 aliphatic heterocycles. The molecule has 0 aliphatic carbocycles. The molecule has 490 valence electrons. The molecular weight excluding hydrogens is 1390 g/mol. The highest BCUT2D eigenvalue weighted by Gasteiger charge is 2.38. The summed E-state index contributed by atoms with van der Waals surface area (Å²) in [5, 5.41) is 43.5. The molecule has 2 aromatic heterocycles. The van der Waals surface area contributed by atoms with Gasteiger partial charge in [-0.05, 0) is 85.2 Å². The molecule has 4 aliphatic rings. The van der Waals surface area contributed by atoms with Gasteiger partial charge in [0.25, 0.3) is 34.7 Å². The van der Waals surface area contributed by atoms with E-state index in [9.17, 15) is 52.7 Å². The number of rotatable bonds is 19. The van der Waals surface area contributed by atoms with Crippen LogP contribution in [-0.2, 0) is 56.2 Å². The summed E-state index contributed by atoms with van der Waals surface area (Å²) in [6.45, 7) is 14.6. The van der Waals surface area contributed by atoms with Gasteiger partial charge in [0.05, 0.1) is 37.5 Å². The minimum Gasteiger partial charge on any atom is -0.492 e. The van der Waals surface area contributed by atoms with Crippen LogP contribution in [0.25, 0.3) is 29.2 Å². The number of aliphatic carboxylic acids is 4. The third-order valence-electron chi connectivity index (χ3n) is 11.5. The summed E-state index contributed by atoms with van der Waals surface area (Å²) in [7, 11) is 0. The molecular formula is C59H62N6O17S10. The summed E-state index contributed by atoms with van der Waals surface area (Å²) < 4.78 is 12.1. The van der Waals surface area contributed by atoms with E-state index in [1.807, 2.05) is 65.0 Å². The Kier molecular flexibility index (Phi) is 33.5. The lowest BCUT2D eigenvalue weighted by Crippen LogP contribution is -2.35. The van der Waals surface area contributed by atoms with Gasteiger partial charge in [-0.2, -0.15) is 0 Å². The lowest BCUT2D eigenvalue weighted by Gasteiger charge is -2.12. The zero-order valence-corrected chi connectivity index (χ0v) is 58.5. The topological polar surface area (TPSA) is 321 Å². The van der Waals surface area contributed by atoms with Gasteiger partial charge in [-0.3, -0.25) is 76.7 Å². The van der Waals surface area contributed by atoms with Crippen LogP contribution in [0.3, 0.4) is 0 Å². The molecule has 6 heterocycles. The monoisotopic (exact) mass is 1450 g/mol. The molecule has 0 bridgehead atoms. The average molecular weight is 1450 g/mol. The van der Waals surface area contributed by atoms with Crippen molar-refractivity contribution in [3.05, 3.63) is 150 Å². The van der Waals surface area contributed by atoms with E-state index in [-0.39, 0.29) is 66.1 Å². The second-order valence-electron chi connectivity index (χ2n) is 17.7. The van der Waals surface area contributed by atoms with E-state index in [1.54, 1.807) is 98.2 Å². The van der Waals surface area contributed by atoms with Crippen molar-refractivity contribution >= 4 is 219 Å². The molecule has 4 amide bonds. The van der Waals surface area contributed by atoms with Crippen molar-refractivity contribution in [3.63, 3.8) is 0 Å². The molecule has 0 spiro atoms. The number of thiazole rings is 2. The first-order valence-electron chi connectivity index (χ1n) is 27.1. The van der Waals surface area contributed by atoms with Gasteiger partial charge in [-0.25, -0.2) is 4.79 Å². The Morgan fingerprint density at radius 1 is 0.533 bits per heavy atom. The van der Waals surface area contributed by atoms with Crippen LogP contribution >= 0.6 is 119 Å². The van der Waals surface area contributed by atoms with Gasteiger partial charge >= 0.3 is 29.8 Å². The minimum absolute atomic E-state index is 0.0939. The highest BCUT2D eigenvalue weighted by molar-refractivity contribution is 8.30. The number of carboxylic acids is 5. The van der Waals surface area contributed by atoms with Gasteiger partial charge in [0.1, 0.15) is 61.8 Å². The Bertz CT molecular complexity index is 4040. The fourth-order valence-corrected chi connectivity index (χ4v) is 14.5. The third-order valence-corrected chi connectivity index (χ3v) is 19.7. The van der Waals surface area contributed by atoms with Gasteiger partial charge < -0.3 is 30.3 Å². The van der Waals surface area contributed by atoms with Crippen molar-refractivity contribution < 1.29 is 73.4 Å². The van der Waals surface area contributed by atoms with Crippen LogP contribution in [0.2, 0.25) is 0 Å². The molecule has 3 aromatic rings. The number of thiocarbonyl (C=S) groups is 4. The lowest BCUT2D eigenvalue weighted by molar-refractivity contribution is -0.140. The van der Waals surface area contributed by atoms with E-state index in [0.29, 0.717) is 62.7 Å². The molecule has 92 heavy (non-hydrogen) atoms. The SMILES string of the molecule is C/C=c1/s/c(=C2\SC(=S)N(CC(=O)O)C2=O)n(CC)c1=O.C/C=c1/sc(=C/C(OCC)=C2/SC(=S)N(CC(=O)O)C2=O)n(CC)c1=O.CC=C/C=C1/SC(=S)N(CC(=O)O)C1=O.CC=C/C=C1/SC(=S)N(CCC(=O)O)C1=O.CC=CC=Cc1ccc(C(=O)O)cc1. The first-order chi connectivity index (χ1) is 43.6. The molecule has 5 N–H and O–H groups in total. The van der Waals surface area contributed by atoms with Crippen molar-refractivity contribution in [1.82, 2.24) is 28.7 Å². The number of carbonyl (C=O) groups excluding carboxylic acids is 4. The smallest absolute Gasteiger partial charge is 0.335 e. The maximum Gasteiger partial charge on any atom is 0.335 e. The van der Waals surface area contributed by atoms with Crippen LogP contribution in [0.4, 0.5) is 0 Å². The molecule has 0 atom stereocenters. The Morgan fingerprint density at radius 3 is 1.46 bits per heavy atom. The number of amides is 4.